The molecule has 2 aliphatic rings. The SMILES string of the molecule is COc1ccc(CNC(=O)CN2C(=O)C(c3ccccc3)=NC23CCC(C)CC3)cc1. The topological polar surface area (TPSA) is 71.0 Å². The van der Waals surface area contributed by atoms with E-state index in [1.54, 1.807) is 12.0 Å². The molecule has 0 aromatic heterocycles. The Bertz CT molecular complexity index is 961. The number of carbonyl (C=O) groups excluding carboxylic acids is 2. The van der Waals surface area contributed by atoms with Crippen molar-refractivity contribution in [3.8, 4) is 5.75 Å². The molecule has 31 heavy (non-hydrogen) atoms. The van der Waals surface area contributed by atoms with Gasteiger partial charge in [0.05, 0.1) is 7.11 Å². The maximum atomic E-state index is 13.3. The Morgan fingerprint density at radius 1 is 1.13 bits per heavy atom. The molecule has 1 aliphatic carbocycles. The van der Waals surface area contributed by atoms with E-state index in [4.69, 9.17) is 9.73 Å². The lowest BCUT2D eigenvalue weighted by molar-refractivity contribution is -0.136. The van der Waals surface area contributed by atoms with E-state index in [2.05, 4.69) is 12.2 Å². The third-order valence-electron chi connectivity index (χ3n) is 6.34. The minimum atomic E-state index is -0.605. The highest BCUT2D eigenvalue weighted by atomic mass is 16.5. The zero-order valence-corrected chi connectivity index (χ0v) is 18.1. The number of carbonyl (C=O) groups is 2. The third-order valence-corrected chi connectivity index (χ3v) is 6.34. The van der Waals surface area contributed by atoms with Gasteiger partial charge in [0, 0.05) is 12.1 Å². The van der Waals surface area contributed by atoms with E-state index >= 15 is 0 Å². The number of amides is 2. The van der Waals surface area contributed by atoms with Crippen LogP contribution in [0.3, 0.4) is 0 Å². The Kier molecular flexibility index (Phi) is 6.07. The molecule has 2 aromatic carbocycles. The van der Waals surface area contributed by atoms with Crippen LogP contribution in [0.15, 0.2) is 59.6 Å². The molecule has 1 saturated carbocycles. The Hall–Kier alpha value is -3.15. The van der Waals surface area contributed by atoms with Crippen LogP contribution < -0.4 is 10.1 Å². The maximum absolute atomic E-state index is 13.3. The molecule has 1 N–H and O–H groups in total. The van der Waals surface area contributed by atoms with E-state index < -0.39 is 5.66 Å². The summed E-state index contributed by atoms with van der Waals surface area (Å²) in [7, 11) is 1.62. The van der Waals surface area contributed by atoms with Gasteiger partial charge < -0.3 is 15.0 Å². The number of nitrogens with zero attached hydrogens (tertiary/aromatic N) is 2. The first-order valence-corrected chi connectivity index (χ1v) is 10.9. The summed E-state index contributed by atoms with van der Waals surface area (Å²) < 4.78 is 5.17. The fraction of sp³-hybridized carbons (Fsp3) is 0.400. The highest BCUT2D eigenvalue weighted by Crippen LogP contribution is 2.41. The van der Waals surface area contributed by atoms with Crippen molar-refractivity contribution < 1.29 is 14.3 Å². The summed E-state index contributed by atoms with van der Waals surface area (Å²) >= 11 is 0. The second kappa shape index (κ2) is 8.92. The normalized spacial score (nSPS) is 23.0. The van der Waals surface area contributed by atoms with Crippen LogP contribution >= 0.6 is 0 Å². The summed E-state index contributed by atoms with van der Waals surface area (Å²) in [4.78, 5) is 32.8. The van der Waals surface area contributed by atoms with Gasteiger partial charge in [0.15, 0.2) is 0 Å². The molecular formula is C25H29N3O3. The van der Waals surface area contributed by atoms with Crippen LogP contribution in [0.2, 0.25) is 0 Å². The van der Waals surface area contributed by atoms with Crippen LogP contribution in [0.4, 0.5) is 0 Å². The number of nitrogens with one attached hydrogen (secondary N) is 1. The monoisotopic (exact) mass is 419 g/mol. The van der Waals surface area contributed by atoms with Crippen molar-refractivity contribution >= 4 is 17.5 Å². The van der Waals surface area contributed by atoms with Crippen molar-refractivity contribution in [3.05, 3.63) is 65.7 Å². The zero-order chi connectivity index (χ0) is 21.8. The van der Waals surface area contributed by atoms with Gasteiger partial charge >= 0.3 is 0 Å². The lowest BCUT2D eigenvalue weighted by atomic mass is 9.82. The van der Waals surface area contributed by atoms with Crippen molar-refractivity contribution in [3.63, 3.8) is 0 Å². The van der Waals surface area contributed by atoms with E-state index in [0.29, 0.717) is 18.2 Å². The average molecular weight is 420 g/mol. The van der Waals surface area contributed by atoms with E-state index in [1.165, 1.54) is 0 Å². The van der Waals surface area contributed by atoms with Gasteiger partial charge in [-0.3, -0.25) is 14.6 Å². The van der Waals surface area contributed by atoms with Gasteiger partial charge in [0.25, 0.3) is 5.91 Å². The maximum Gasteiger partial charge on any atom is 0.275 e. The van der Waals surface area contributed by atoms with Crippen molar-refractivity contribution in [1.29, 1.82) is 0 Å². The van der Waals surface area contributed by atoms with Crippen molar-refractivity contribution in [2.24, 2.45) is 10.9 Å². The zero-order valence-electron chi connectivity index (χ0n) is 18.1. The minimum absolute atomic E-state index is 0.0171. The molecule has 0 bridgehead atoms. The summed E-state index contributed by atoms with van der Waals surface area (Å²) in [5.41, 5.74) is 1.65. The van der Waals surface area contributed by atoms with E-state index in [9.17, 15) is 9.59 Å². The average Bonchev–Trinajstić information content (AvgIpc) is 3.07. The molecule has 1 spiro atoms. The number of aliphatic imine (C=N–C) groups is 1. The van der Waals surface area contributed by atoms with Gasteiger partial charge in [-0.25, -0.2) is 0 Å². The predicted molar refractivity (Wildman–Crippen MR) is 120 cm³/mol. The molecule has 1 fully saturated rings. The standard InChI is InChI=1S/C25H29N3O3/c1-18-12-14-25(15-13-18)27-23(20-6-4-3-5-7-20)24(30)28(25)17-22(29)26-16-19-8-10-21(31-2)11-9-19/h3-11,18H,12-17H2,1-2H3,(H,26,29). The quantitative estimate of drug-likeness (QED) is 0.778. The molecular weight excluding hydrogens is 390 g/mol. The summed E-state index contributed by atoms with van der Waals surface area (Å²) in [6.07, 6.45) is 3.59. The first kappa shape index (κ1) is 21.1. The highest BCUT2D eigenvalue weighted by molar-refractivity contribution is 6.47. The first-order chi connectivity index (χ1) is 15.0. The Morgan fingerprint density at radius 2 is 1.81 bits per heavy atom. The molecule has 2 amide bonds. The molecule has 6 heteroatoms. The molecule has 0 unspecified atom stereocenters. The van der Waals surface area contributed by atoms with Gasteiger partial charge in [-0.1, -0.05) is 49.4 Å². The fourth-order valence-corrected chi connectivity index (χ4v) is 4.39. The molecule has 162 valence electrons. The van der Waals surface area contributed by atoms with Crippen LogP contribution in [0.5, 0.6) is 5.75 Å². The van der Waals surface area contributed by atoms with Gasteiger partial charge in [-0.2, -0.15) is 0 Å². The number of rotatable bonds is 6. The first-order valence-electron chi connectivity index (χ1n) is 10.9. The molecule has 0 radical (unpaired) electrons. The lowest BCUT2D eigenvalue weighted by Crippen LogP contribution is -2.52. The summed E-state index contributed by atoms with van der Waals surface area (Å²) in [5.74, 6) is 1.06. The van der Waals surface area contributed by atoms with Crippen LogP contribution in [0.25, 0.3) is 0 Å². The lowest BCUT2D eigenvalue weighted by Gasteiger charge is -2.40. The van der Waals surface area contributed by atoms with Crippen LogP contribution in [-0.2, 0) is 16.1 Å². The molecule has 2 aromatic rings. The second-order valence-electron chi connectivity index (χ2n) is 8.51. The predicted octanol–water partition coefficient (Wildman–Crippen LogP) is 3.55. The minimum Gasteiger partial charge on any atom is -0.497 e. The Labute approximate surface area is 183 Å². The van der Waals surface area contributed by atoms with Crippen molar-refractivity contribution in [2.45, 2.75) is 44.8 Å². The van der Waals surface area contributed by atoms with Crippen molar-refractivity contribution in [1.82, 2.24) is 10.2 Å². The largest absolute Gasteiger partial charge is 0.497 e. The Balaban J connectivity index is 1.48. The van der Waals surface area contributed by atoms with Crippen LogP contribution in [0, 0.1) is 5.92 Å². The summed E-state index contributed by atoms with van der Waals surface area (Å²) in [5, 5.41) is 2.94. The number of hydrogen-bond donors (Lipinski definition) is 1. The molecule has 0 atom stereocenters. The van der Waals surface area contributed by atoms with Crippen LogP contribution in [-0.4, -0.2) is 41.7 Å². The summed E-state index contributed by atoms with van der Waals surface area (Å²) in [6, 6.07) is 17.1. The summed E-state index contributed by atoms with van der Waals surface area (Å²) in [6.45, 7) is 2.65. The fourth-order valence-electron chi connectivity index (χ4n) is 4.39. The van der Waals surface area contributed by atoms with Crippen LogP contribution in [0.1, 0.15) is 43.7 Å². The second-order valence-corrected chi connectivity index (χ2v) is 8.51. The molecule has 1 aliphatic heterocycles. The van der Waals surface area contributed by atoms with Gasteiger partial charge in [0.1, 0.15) is 23.7 Å². The number of ether oxygens (including phenoxy) is 1. The molecule has 1 heterocycles. The van der Waals surface area contributed by atoms with Gasteiger partial charge in [0.2, 0.25) is 5.91 Å². The van der Waals surface area contributed by atoms with Gasteiger partial charge in [-0.05, 0) is 49.3 Å². The molecule has 4 rings (SSSR count). The number of hydrogen-bond acceptors (Lipinski definition) is 4. The van der Waals surface area contributed by atoms with E-state index in [0.717, 1.165) is 42.6 Å². The van der Waals surface area contributed by atoms with Gasteiger partial charge in [-0.15, -0.1) is 0 Å². The third kappa shape index (κ3) is 4.48. The Morgan fingerprint density at radius 3 is 2.45 bits per heavy atom. The smallest absolute Gasteiger partial charge is 0.275 e. The van der Waals surface area contributed by atoms with E-state index in [-0.39, 0.29) is 18.4 Å². The molecule has 0 saturated heterocycles. The number of benzene rings is 2. The van der Waals surface area contributed by atoms with Crippen molar-refractivity contribution in [2.75, 3.05) is 13.7 Å². The highest BCUT2D eigenvalue weighted by Gasteiger charge is 2.49. The molecule has 6 nitrogen and oxygen atoms in total. The van der Waals surface area contributed by atoms with E-state index in [1.807, 2.05) is 54.6 Å². The number of methoxy groups -OCH3 is 1.